The van der Waals surface area contributed by atoms with Crippen LogP contribution in [0.3, 0.4) is 0 Å². The molecule has 0 saturated heterocycles. The van der Waals surface area contributed by atoms with E-state index in [2.05, 4.69) is 9.47 Å². The fourth-order valence-corrected chi connectivity index (χ4v) is 0.249. The molecule has 1 atom stereocenters. The number of aliphatic hydroxyl groups is 1. The lowest BCUT2D eigenvalue weighted by molar-refractivity contribution is -0.285. The highest BCUT2D eigenvalue weighted by molar-refractivity contribution is 5.75. The van der Waals surface area contributed by atoms with Gasteiger partial charge < -0.3 is 14.6 Å². The van der Waals surface area contributed by atoms with E-state index in [1.165, 1.54) is 0 Å². The van der Waals surface area contributed by atoms with Crippen LogP contribution in [-0.2, 0) is 14.3 Å². The zero-order chi connectivity index (χ0) is 18.8. The Morgan fingerprint density at radius 2 is 1.29 bits per heavy atom. The Hall–Kier alpha value is -1.24. The molecule has 154 valence electrons. The number of carbonyl (C=O) groups is 1. The average molecular weight is 390 g/mol. The van der Waals surface area contributed by atoms with E-state index in [0.717, 1.165) is 14.0 Å². The summed E-state index contributed by atoms with van der Waals surface area (Å²) in [7, 11) is 1.45. The summed E-state index contributed by atoms with van der Waals surface area (Å²) in [6.45, 7) is 1.08. The first-order valence-electron chi connectivity index (χ1n) is 5.02. The fraction of sp³-hybridized carbons (Fsp3) is 0.909. The van der Waals surface area contributed by atoms with E-state index < -0.39 is 37.2 Å². The van der Waals surface area contributed by atoms with Crippen LogP contribution in [0.15, 0.2) is 0 Å². The molecule has 1 unspecified atom stereocenters. The highest BCUT2D eigenvalue weighted by Gasteiger charge is 2.40. The van der Waals surface area contributed by atoms with Crippen LogP contribution in [0.5, 0.6) is 0 Å². The summed E-state index contributed by atoms with van der Waals surface area (Å²) < 4.78 is 105. The number of alkyl halides is 9. The predicted molar refractivity (Wildman–Crippen MR) is 69.1 cm³/mol. The Morgan fingerprint density at radius 3 is 1.29 bits per heavy atom. The third-order valence-corrected chi connectivity index (χ3v) is 1.32. The van der Waals surface area contributed by atoms with Crippen molar-refractivity contribution in [1.29, 1.82) is 0 Å². The standard InChI is InChI=1S/C3H5F3O2.C3H3F3O2.C3H5F3.2CH4.H2/c2*1-8-2(7)3(4,5)6;1-2-3(4,5)6;;;/h2,7H,1H3;1H3;2H2,1H3;2*1H4;1H. The van der Waals surface area contributed by atoms with Crippen LogP contribution < -0.4 is 0 Å². The minimum atomic E-state index is -4.85. The molecule has 0 fully saturated rings. The number of hydrogen-bond acceptors (Lipinski definition) is 4. The maximum Gasteiger partial charge on any atom is 0.490 e. The smallest absolute Gasteiger partial charge is 0.462 e. The third-order valence-electron chi connectivity index (χ3n) is 1.32. The van der Waals surface area contributed by atoms with Gasteiger partial charge in [-0.05, 0) is 0 Å². The SMILES string of the molecule is C.C.CCC(F)(F)F.COC(=O)C(F)(F)F.COC(O)C(F)(F)F.[HH]. The van der Waals surface area contributed by atoms with Crippen molar-refractivity contribution >= 4 is 5.97 Å². The van der Waals surface area contributed by atoms with Gasteiger partial charge in [0.05, 0.1) is 7.11 Å². The minimum Gasteiger partial charge on any atom is -0.462 e. The van der Waals surface area contributed by atoms with Crippen molar-refractivity contribution in [2.75, 3.05) is 14.2 Å². The molecule has 0 spiro atoms. The number of hydrogen-bond donors (Lipinski definition) is 1. The van der Waals surface area contributed by atoms with Crippen molar-refractivity contribution in [2.24, 2.45) is 0 Å². The third kappa shape index (κ3) is 25.7. The van der Waals surface area contributed by atoms with Crippen molar-refractivity contribution in [2.45, 2.75) is 53.0 Å². The van der Waals surface area contributed by atoms with E-state index in [-0.39, 0.29) is 16.3 Å². The lowest BCUT2D eigenvalue weighted by Gasteiger charge is -2.10. The predicted octanol–water partition coefficient (Wildman–Crippen LogP) is 4.71. The van der Waals surface area contributed by atoms with E-state index in [4.69, 9.17) is 5.11 Å². The number of methoxy groups -OCH3 is 2. The van der Waals surface area contributed by atoms with Gasteiger partial charge in [0.2, 0.25) is 0 Å². The molecule has 13 heteroatoms. The van der Waals surface area contributed by atoms with Crippen LogP contribution in [0.1, 0.15) is 29.6 Å². The van der Waals surface area contributed by atoms with Crippen molar-refractivity contribution < 1.29 is 60.3 Å². The van der Waals surface area contributed by atoms with Crippen LogP contribution in [0.25, 0.3) is 0 Å². The van der Waals surface area contributed by atoms with Crippen molar-refractivity contribution in [3.05, 3.63) is 0 Å². The first-order chi connectivity index (χ1) is 9.52. The van der Waals surface area contributed by atoms with Crippen LogP contribution in [-0.4, -0.2) is 50.1 Å². The Morgan fingerprint density at radius 1 is 1.00 bits per heavy atom. The van der Waals surface area contributed by atoms with Crippen molar-refractivity contribution in [1.82, 2.24) is 0 Å². The maximum absolute atomic E-state index is 11.1. The number of esters is 1. The molecule has 0 rings (SSSR count). The molecule has 0 aromatic heterocycles. The molecule has 24 heavy (non-hydrogen) atoms. The minimum absolute atomic E-state index is 0. The number of aliphatic hydroxyl groups excluding tert-OH is 1. The molecule has 0 aromatic rings. The lowest BCUT2D eigenvalue weighted by Crippen LogP contribution is -2.29. The number of halogens is 9. The normalized spacial score (nSPS) is 12.0. The summed E-state index contributed by atoms with van der Waals surface area (Å²) in [5, 5.41) is 7.85. The highest BCUT2D eigenvalue weighted by Crippen LogP contribution is 2.19. The fourth-order valence-electron chi connectivity index (χ4n) is 0.249. The first-order valence-corrected chi connectivity index (χ1v) is 5.02. The second kappa shape index (κ2) is 14.1. The molecule has 1 N–H and O–H groups in total. The summed E-state index contributed by atoms with van der Waals surface area (Å²) in [6.07, 6.45) is -16.8. The second-order valence-corrected chi connectivity index (χ2v) is 3.09. The summed E-state index contributed by atoms with van der Waals surface area (Å²) in [5.41, 5.74) is 0. The molecule has 0 amide bonds. The van der Waals surface area contributed by atoms with Crippen molar-refractivity contribution in [3.8, 4) is 0 Å². The van der Waals surface area contributed by atoms with Crippen LogP contribution in [0.4, 0.5) is 39.5 Å². The summed E-state index contributed by atoms with van der Waals surface area (Å²) in [6, 6.07) is 0. The number of carbonyl (C=O) groups excluding carboxylic acids is 1. The molecular formula is C11H23F9O4. The van der Waals surface area contributed by atoms with Gasteiger partial charge in [-0.25, -0.2) is 4.79 Å². The Bertz CT molecular complexity index is 303. The van der Waals surface area contributed by atoms with Gasteiger partial charge in [0.1, 0.15) is 0 Å². The monoisotopic (exact) mass is 390 g/mol. The molecule has 0 bridgehead atoms. The van der Waals surface area contributed by atoms with Gasteiger partial charge in [-0.2, -0.15) is 39.5 Å². The highest BCUT2D eigenvalue weighted by atomic mass is 19.4. The summed E-state index contributed by atoms with van der Waals surface area (Å²) in [5.74, 6) is -2.17. The number of rotatable bonds is 1. The zero-order valence-corrected chi connectivity index (χ0v) is 11.4. The molecule has 0 radical (unpaired) electrons. The molecule has 0 aliphatic rings. The van der Waals surface area contributed by atoms with Gasteiger partial charge in [0.15, 0.2) is 0 Å². The van der Waals surface area contributed by atoms with Gasteiger partial charge in [-0.3, -0.25) is 0 Å². The Labute approximate surface area is 135 Å². The molecule has 0 aliphatic carbocycles. The van der Waals surface area contributed by atoms with E-state index >= 15 is 0 Å². The lowest BCUT2D eigenvalue weighted by atomic mass is 10.5. The quantitative estimate of drug-likeness (QED) is 0.400. The maximum atomic E-state index is 11.1. The molecule has 0 aromatic carbocycles. The Balaban J connectivity index is -0.0000000516. The van der Waals surface area contributed by atoms with Gasteiger partial charge in [-0.1, -0.05) is 21.8 Å². The van der Waals surface area contributed by atoms with E-state index in [9.17, 15) is 44.3 Å². The summed E-state index contributed by atoms with van der Waals surface area (Å²) >= 11 is 0. The van der Waals surface area contributed by atoms with E-state index in [1.807, 2.05) is 0 Å². The van der Waals surface area contributed by atoms with Gasteiger partial charge in [-0.15, -0.1) is 0 Å². The average Bonchev–Trinajstić information content (AvgIpc) is 2.35. The van der Waals surface area contributed by atoms with Crippen molar-refractivity contribution in [3.63, 3.8) is 0 Å². The van der Waals surface area contributed by atoms with Crippen LogP contribution in [0, 0.1) is 0 Å². The van der Waals surface area contributed by atoms with Gasteiger partial charge in [0.25, 0.3) is 6.29 Å². The van der Waals surface area contributed by atoms with Crippen LogP contribution in [0.2, 0.25) is 0 Å². The van der Waals surface area contributed by atoms with E-state index in [0.29, 0.717) is 7.11 Å². The topological polar surface area (TPSA) is 55.8 Å². The number of ether oxygens (including phenoxy) is 2. The molecule has 0 aliphatic heterocycles. The molecular weight excluding hydrogens is 367 g/mol. The van der Waals surface area contributed by atoms with Gasteiger partial charge >= 0.3 is 24.5 Å². The molecule has 0 saturated carbocycles. The van der Waals surface area contributed by atoms with Crippen LogP contribution >= 0.6 is 0 Å². The Kier molecular flexibility index (Phi) is 20.1. The summed E-state index contributed by atoms with van der Waals surface area (Å²) in [4.78, 5) is 9.49. The van der Waals surface area contributed by atoms with Gasteiger partial charge in [0, 0.05) is 15.0 Å². The first kappa shape index (κ1) is 34.2. The van der Waals surface area contributed by atoms with E-state index in [1.54, 1.807) is 0 Å². The molecule has 0 heterocycles. The second-order valence-electron chi connectivity index (χ2n) is 3.09. The zero-order valence-electron chi connectivity index (χ0n) is 11.4. The molecule has 4 nitrogen and oxygen atoms in total. The largest absolute Gasteiger partial charge is 0.490 e.